The number of rotatable bonds is 0. The van der Waals surface area contributed by atoms with Crippen molar-refractivity contribution in [3.8, 4) is 23.7 Å². The van der Waals surface area contributed by atoms with Crippen LogP contribution < -0.4 is 0 Å². The first kappa shape index (κ1) is 23.9. The molecule has 0 N–H and O–H groups in total. The standard InChI is InChI=1S/C34H36/c1-33(2,3)31-23-30-24-32(34(4,5)6)28(20-18-26-15-11-8-12-16-26)22-29(30)21-27(31)19-17-25-13-9-7-10-14-25/h7,9,11,13,15-16,21-24H,8,10,12,14H2,1-6H3. The highest BCUT2D eigenvalue weighted by molar-refractivity contribution is 5.88. The van der Waals surface area contributed by atoms with Gasteiger partial charge in [-0.25, -0.2) is 0 Å². The van der Waals surface area contributed by atoms with Crippen LogP contribution in [0, 0.1) is 23.7 Å². The summed E-state index contributed by atoms with van der Waals surface area (Å²) in [5, 5.41) is 2.47. The summed E-state index contributed by atoms with van der Waals surface area (Å²) in [6.07, 6.45) is 17.4. The predicted molar refractivity (Wildman–Crippen MR) is 148 cm³/mol. The summed E-state index contributed by atoms with van der Waals surface area (Å²) in [6, 6.07) is 9.26. The van der Waals surface area contributed by atoms with Gasteiger partial charge in [0.15, 0.2) is 0 Å². The largest absolute Gasteiger partial charge is 0.0842 e. The molecular weight excluding hydrogens is 408 g/mol. The normalized spacial score (nSPS) is 15.7. The summed E-state index contributed by atoms with van der Waals surface area (Å²) in [5.41, 5.74) is 7.19. The minimum absolute atomic E-state index is 0.0103. The van der Waals surface area contributed by atoms with Gasteiger partial charge in [0, 0.05) is 22.3 Å². The average molecular weight is 445 g/mol. The number of benzene rings is 2. The molecule has 0 bridgehead atoms. The smallest absolute Gasteiger partial charge is 0.0292 e. The van der Waals surface area contributed by atoms with Crippen LogP contribution in [0.5, 0.6) is 0 Å². The molecule has 2 aliphatic carbocycles. The Hall–Kier alpha value is -3.22. The van der Waals surface area contributed by atoms with Crippen molar-refractivity contribution in [3.63, 3.8) is 0 Å². The van der Waals surface area contributed by atoms with Crippen LogP contribution in [-0.2, 0) is 10.8 Å². The second-order valence-corrected chi connectivity index (χ2v) is 11.4. The molecule has 2 aromatic rings. The third-order valence-electron chi connectivity index (χ3n) is 6.44. The first-order chi connectivity index (χ1) is 16.1. The highest BCUT2D eigenvalue weighted by Crippen LogP contribution is 2.34. The Bertz CT molecular complexity index is 1350. The minimum atomic E-state index is 0.0103. The molecule has 0 fully saturated rings. The van der Waals surface area contributed by atoms with E-state index in [-0.39, 0.29) is 10.8 Å². The zero-order chi connectivity index (χ0) is 24.3. The molecule has 2 aromatic carbocycles. The highest BCUT2D eigenvalue weighted by Gasteiger charge is 2.22. The highest BCUT2D eigenvalue weighted by atomic mass is 14.3. The van der Waals surface area contributed by atoms with E-state index < -0.39 is 0 Å². The van der Waals surface area contributed by atoms with E-state index >= 15 is 0 Å². The molecule has 0 saturated carbocycles. The van der Waals surface area contributed by atoms with Crippen LogP contribution in [0.1, 0.15) is 89.5 Å². The van der Waals surface area contributed by atoms with E-state index in [4.69, 9.17) is 0 Å². The van der Waals surface area contributed by atoms with E-state index in [1.165, 1.54) is 27.5 Å². The molecule has 34 heavy (non-hydrogen) atoms. The second kappa shape index (κ2) is 9.57. The molecule has 0 aromatic heterocycles. The van der Waals surface area contributed by atoms with Crippen molar-refractivity contribution in [2.45, 2.75) is 78.1 Å². The topological polar surface area (TPSA) is 0 Å². The minimum Gasteiger partial charge on any atom is -0.0842 e. The molecule has 0 aliphatic heterocycles. The van der Waals surface area contributed by atoms with Gasteiger partial charge in [-0.2, -0.15) is 0 Å². The van der Waals surface area contributed by atoms with Crippen LogP contribution in [0.2, 0.25) is 0 Å². The number of hydrogen-bond acceptors (Lipinski definition) is 0. The van der Waals surface area contributed by atoms with E-state index in [0.717, 1.165) is 42.4 Å². The lowest BCUT2D eigenvalue weighted by atomic mass is 9.79. The molecule has 0 radical (unpaired) electrons. The molecule has 0 nitrogen and oxygen atoms in total. The van der Waals surface area contributed by atoms with E-state index in [9.17, 15) is 0 Å². The quantitative estimate of drug-likeness (QED) is 0.356. The summed E-state index contributed by atoms with van der Waals surface area (Å²) >= 11 is 0. The monoisotopic (exact) mass is 444 g/mol. The second-order valence-electron chi connectivity index (χ2n) is 11.4. The van der Waals surface area contributed by atoms with Crippen LogP contribution in [0.3, 0.4) is 0 Å². The summed E-state index contributed by atoms with van der Waals surface area (Å²) < 4.78 is 0. The molecule has 2 aliphatic rings. The maximum absolute atomic E-state index is 3.52. The lowest BCUT2D eigenvalue weighted by molar-refractivity contribution is 0.588. The Balaban J connectivity index is 1.89. The van der Waals surface area contributed by atoms with Gasteiger partial charge in [-0.1, -0.05) is 102 Å². The summed E-state index contributed by atoms with van der Waals surface area (Å²) in [7, 11) is 0. The van der Waals surface area contributed by atoms with E-state index in [1.54, 1.807) is 0 Å². The van der Waals surface area contributed by atoms with Crippen LogP contribution in [0.4, 0.5) is 0 Å². The van der Waals surface area contributed by atoms with Gasteiger partial charge < -0.3 is 0 Å². The number of allylic oxidation sites excluding steroid dienone is 8. The summed E-state index contributed by atoms with van der Waals surface area (Å²) in [6.45, 7) is 13.6. The van der Waals surface area contributed by atoms with Gasteiger partial charge >= 0.3 is 0 Å². The molecule has 0 heteroatoms. The predicted octanol–water partition coefficient (Wildman–Crippen LogP) is 8.69. The van der Waals surface area contributed by atoms with Crippen molar-refractivity contribution in [2.24, 2.45) is 0 Å². The lowest BCUT2D eigenvalue weighted by Gasteiger charge is -2.24. The molecule has 0 unspecified atom stereocenters. The van der Waals surface area contributed by atoms with Gasteiger partial charge in [-0.05, 0) is 82.7 Å². The third kappa shape index (κ3) is 5.64. The van der Waals surface area contributed by atoms with Crippen molar-refractivity contribution >= 4 is 10.8 Å². The van der Waals surface area contributed by atoms with E-state index in [2.05, 4.69) is 126 Å². The van der Waals surface area contributed by atoms with Crippen molar-refractivity contribution in [3.05, 3.63) is 94.1 Å². The maximum atomic E-state index is 3.52. The van der Waals surface area contributed by atoms with Gasteiger partial charge in [-0.3, -0.25) is 0 Å². The summed E-state index contributed by atoms with van der Waals surface area (Å²) in [4.78, 5) is 0. The van der Waals surface area contributed by atoms with Crippen molar-refractivity contribution < 1.29 is 0 Å². The van der Waals surface area contributed by atoms with Crippen LogP contribution >= 0.6 is 0 Å². The van der Waals surface area contributed by atoms with Crippen molar-refractivity contribution in [1.29, 1.82) is 0 Å². The molecular formula is C34H36. The van der Waals surface area contributed by atoms with Gasteiger partial charge in [0.25, 0.3) is 0 Å². The lowest BCUT2D eigenvalue weighted by Crippen LogP contribution is -2.15. The zero-order valence-electron chi connectivity index (χ0n) is 21.6. The Morgan fingerprint density at radius 2 is 1.26 bits per heavy atom. The third-order valence-corrected chi connectivity index (χ3v) is 6.44. The van der Waals surface area contributed by atoms with Crippen molar-refractivity contribution in [2.75, 3.05) is 0 Å². The van der Waals surface area contributed by atoms with Crippen LogP contribution in [0.25, 0.3) is 10.8 Å². The van der Waals surface area contributed by atoms with Crippen LogP contribution in [-0.4, -0.2) is 0 Å². The zero-order valence-corrected chi connectivity index (χ0v) is 21.6. The Kier molecular flexibility index (Phi) is 6.73. The fraction of sp³-hybridized carbons (Fsp3) is 0.353. The fourth-order valence-electron chi connectivity index (χ4n) is 4.50. The Labute approximate surface area is 206 Å². The molecule has 0 heterocycles. The first-order valence-corrected chi connectivity index (χ1v) is 12.5. The SMILES string of the molecule is CC(C)(C)c1cc2cc(C(C)(C)C)c(C#CC3=CC=CCC3)cc2cc1C#CC1=CCCC=C1. The summed E-state index contributed by atoms with van der Waals surface area (Å²) in [5.74, 6) is 13.9. The van der Waals surface area contributed by atoms with Crippen LogP contribution in [0.15, 0.2) is 71.9 Å². The Morgan fingerprint density at radius 3 is 1.79 bits per heavy atom. The Morgan fingerprint density at radius 1 is 0.647 bits per heavy atom. The molecule has 0 amide bonds. The van der Waals surface area contributed by atoms with Gasteiger partial charge in [0.05, 0.1) is 0 Å². The molecule has 4 rings (SSSR count). The maximum Gasteiger partial charge on any atom is 0.0292 e. The molecule has 172 valence electrons. The fourth-order valence-corrected chi connectivity index (χ4v) is 4.50. The molecule has 0 saturated heterocycles. The van der Waals surface area contributed by atoms with Gasteiger partial charge in [0.1, 0.15) is 0 Å². The van der Waals surface area contributed by atoms with Crippen molar-refractivity contribution in [1.82, 2.24) is 0 Å². The van der Waals surface area contributed by atoms with Gasteiger partial charge in [-0.15, -0.1) is 0 Å². The van der Waals surface area contributed by atoms with Gasteiger partial charge in [0.2, 0.25) is 0 Å². The van der Waals surface area contributed by atoms with E-state index in [0.29, 0.717) is 0 Å². The average Bonchev–Trinajstić information content (AvgIpc) is 2.80. The molecule has 0 atom stereocenters. The first-order valence-electron chi connectivity index (χ1n) is 12.5. The molecule has 0 spiro atoms. The number of hydrogen-bond donors (Lipinski definition) is 0. The number of fused-ring (bicyclic) bond motifs is 1. The van der Waals surface area contributed by atoms with E-state index in [1.807, 2.05) is 0 Å².